The molecule has 4 aromatic rings. The molecular weight excluding hydrogens is 715 g/mol. The molecule has 0 saturated carbocycles. The van der Waals surface area contributed by atoms with Gasteiger partial charge in [-0.25, -0.2) is 0 Å². The maximum Gasteiger partial charge on any atom is 0.569 e. The van der Waals surface area contributed by atoms with E-state index in [0.717, 1.165) is 35.3 Å². The molecule has 0 unspecified atom stereocenters. The highest BCUT2D eigenvalue weighted by molar-refractivity contribution is 7.80. The molecule has 0 atom stereocenters. The van der Waals surface area contributed by atoms with Crippen LogP contribution >= 0.6 is 12.6 Å². The monoisotopic (exact) mass is 775 g/mol. The van der Waals surface area contributed by atoms with Gasteiger partial charge in [0.1, 0.15) is 11.3 Å². The fourth-order valence-electron chi connectivity index (χ4n) is 6.66. The number of hydrogen-bond acceptors (Lipinski definition) is 5. The Kier molecular flexibility index (Phi) is 20.7. The predicted octanol–water partition coefficient (Wildman–Crippen LogP) is 7.21. The van der Waals surface area contributed by atoms with Gasteiger partial charge < -0.3 is 20.3 Å². The van der Waals surface area contributed by atoms with Gasteiger partial charge in [0.15, 0.2) is 37.9 Å². The molecule has 2 aromatic heterocycles. The lowest BCUT2D eigenvalue weighted by molar-refractivity contribution is -0.688. The summed E-state index contributed by atoms with van der Waals surface area (Å²) in [5.74, 6) is 7.93. The quantitative estimate of drug-likeness (QED) is 0.0188. The summed E-state index contributed by atoms with van der Waals surface area (Å²) in [6, 6.07) is 21.4. The van der Waals surface area contributed by atoms with Crippen molar-refractivity contribution in [3.05, 3.63) is 125 Å². The van der Waals surface area contributed by atoms with Gasteiger partial charge in [0.2, 0.25) is 5.91 Å². The largest absolute Gasteiger partial charge is 0.569 e. The summed E-state index contributed by atoms with van der Waals surface area (Å²) < 4.78 is 9.26. The SMILES string of the molecule is Cc1ccccc1C[n+]1cc(C#Cc2ccc[n+](Cc3ccccc3O[B]O)c2)cc(C(=O)NCCNC(=O)CCCCCCCCCCCCCCCS)c1. The number of hydrogen-bond donors (Lipinski definition) is 4. The van der Waals surface area contributed by atoms with Crippen LogP contribution in [0, 0.1) is 18.8 Å². The number of aryl methyl sites for hydroxylation is 1. The minimum absolute atomic E-state index is 0.0328. The van der Waals surface area contributed by atoms with Crippen molar-refractivity contribution in [2.75, 3.05) is 18.8 Å². The number of nitrogens with zero attached hydrogens (tertiary/aromatic N) is 2. The molecule has 10 heteroatoms. The summed E-state index contributed by atoms with van der Waals surface area (Å²) in [6.07, 6.45) is 24.6. The van der Waals surface area contributed by atoms with E-state index in [0.29, 0.717) is 57.2 Å². The first-order chi connectivity index (χ1) is 27.4. The summed E-state index contributed by atoms with van der Waals surface area (Å²) in [5.41, 5.74) is 5.25. The molecule has 0 fully saturated rings. The molecule has 2 amide bonds. The molecule has 2 heterocycles. The molecular formula is C46H60BN4O4S+2. The number of unbranched alkanes of at least 4 members (excludes halogenated alkanes) is 12. The van der Waals surface area contributed by atoms with Crippen LogP contribution in [-0.2, 0) is 17.9 Å². The van der Waals surface area contributed by atoms with E-state index in [2.05, 4.69) is 54.2 Å². The van der Waals surface area contributed by atoms with E-state index in [1.807, 2.05) is 76.4 Å². The summed E-state index contributed by atoms with van der Waals surface area (Å²) >= 11 is 4.28. The van der Waals surface area contributed by atoms with Gasteiger partial charge in [-0.15, -0.1) is 0 Å². The van der Waals surface area contributed by atoms with Crippen LogP contribution in [0.25, 0.3) is 0 Å². The van der Waals surface area contributed by atoms with E-state index in [1.165, 1.54) is 76.2 Å². The van der Waals surface area contributed by atoms with E-state index in [-0.39, 0.29) is 11.8 Å². The van der Waals surface area contributed by atoms with Crippen LogP contribution in [0.5, 0.6) is 5.75 Å². The van der Waals surface area contributed by atoms with E-state index in [9.17, 15) is 9.59 Å². The van der Waals surface area contributed by atoms with Gasteiger partial charge in [-0.05, 0) is 55.3 Å². The van der Waals surface area contributed by atoms with Crippen LogP contribution in [0.3, 0.4) is 0 Å². The Morgan fingerprint density at radius 1 is 0.696 bits per heavy atom. The Morgan fingerprint density at radius 3 is 1.98 bits per heavy atom. The molecule has 0 bridgehead atoms. The van der Waals surface area contributed by atoms with Crippen molar-refractivity contribution in [3.63, 3.8) is 0 Å². The van der Waals surface area contributed by atoms with Gasteiger partial charge in [-0.2, -0.15) is 21.8 Å². The minimum Gasteiger partial charge on any atom is -0.537 e. The molecule has 1 radical (unpaired) electrons. The van der Waals surface area contributed by atoms with Gasteiger partial charge in [0, 0.05) is 31.1 Å². The van der Waals surface area contributed by atoms with Crippen LogP contribution in [0.2, 0.25) is 0 Å². The van der Waals surface area contributed by atoms with Crippen LogP contribution < -0.4 is 24.4 Å². The van der Waals surface area contributed by atoms with E-state index >= 15 is 0 Å². The Bertz CT molecular complexity index is 1860. The Morgan fingerprint density at radius 2 is 1.29 bits per heavy atom. The van der Waals surface area contributed by atoms with Gasteiger partial charge >= 0.3 is 7.69 Å². The van der Waals surface area contributed by atoms with Crippen LogP contribution in [0.1, 0.15) is 128 Å². The highest BCUT2D eigenvalue weighted by Gasteiger charge is 2.15. The number of para-hydroxylation sites is 1. The van der Waals surface area contributed by atoms with Crippen molar-refractivity contribution in [2.24, 2.45) is 0 Å². The molecule has 0 spiro atoms. The molecule has 3 N–H and O–H groups in total. The highest BCUT2D eigenvalue weighted by atomic mass is 32.1. The zero-order valence-corrected chi connectivity index (χ0v) is 34.1. The molecule has 8 nitrogen and oxygen atoms in total. The third-order valence-corrected chi connectivity index (χ3v) is 10.1. The van der Waals surface area contributed by atoms with E-state index in [1.54, 1.807) is 12.1 Å². The second-order valence-corrected chi connectivity index (χ2v) is 14.9. The first kappa shape index (κ1) is 44.1. The number of thiol groups is 1. The van der Waals surface area contributed by atoms with Crippen molar-refractivity contribution in [2.45, 2.75) is 110 Å². The molecule has 2 aromatic carbocycles. The van der Waals surface area contributed by atoms with Crippen LogP contribution in [0.15, 0.2) is 91.5 Å². The van der Waals surface area contributed by atoms with E-state index < -0.39 is 0 Å². The van der Waals surface area contributed by atoms with Crippen LogP contribution in [0.4, 0.5) is 0 Å². The lowest BCUT2D eigenvalue weighted by atomic mass is 10.0. The number of carbonyl (C=O) groups excluding carboxylic acids is 2. The molecule has 56 heavy (non-hydrogen) atoms. The Balaban J connectivity index is 1.25. The number of carbonyl (C=O) groups is 2. The van der Waals surface area contributed by atoms with Crippen molar-refractivity contribution in [3.8, 4) is 17.6 Å². The third kappa shape index (κ3) is 17.1. The van der Waals surface area contributed by atoms with Gasteiger partial charge in [-0.3, -0.25) is 9.59 Å². The van der Waals surface area contributed by atoms with E-state index in [4.69, 9.17) is 9.68 Å². The standard InChI is InChI=1S/C46H58BN4O4S/c1-38-20-14-15-22-41(38)35-51-34-40(27-26-39-21-19-30-50(33-39)36-42-23-16-17-24-44(42)55-47-54)32-43(37-51)46(53)49-29-28-48-45(52)25-13-11-9-7-5-3-2-4-6-8-10-12-18-31-56/h14-17,19-24,30,32-34,37,54H,2-13,18,25,28-29,31,35-36H2,1H3,(H-2,48,49,52,53,56)/p+2. The lowest BCUT2D eigenvalue weighted by Crippen LogP contribution is -2.38. The maximum atomic E-state index is 13.4. The molecule has 0 aliphatic carbocycles. The summed E-state index contributed by atoms with van der Waals surface area (Å²) in [6.45, 7) is 3.92. The fraction of sp³-hybridized carbons (Fsp3) is 0.435. The number of rotatable bonds is 25. The molecule has 0 aliphatic rings. The number of nitrogens with one attached hydrogen (secondary N) is 2. The second kappa shape index (κ2) is 26.3. The predicted molar refractivity (Wildman–Crippen MR) is 228 cm³/mol. The molecule has 295 valence electrons. The molecule has 0 saturated heterocycles. The lowest BCUT2D eigenvalue weighted by Gasteiger charge is -2.08. The first-order valence-corrected chi connectivity index (χ1v) is 21.0. The minimum atomic E-state index is -0.218. The second-order valence-electron chi connectivity index (χ2n) is 14.4. The Hall–Kier alpha value is -4.59. The normalized spacial score (nSPS) is 10.7. The number of benzene rings is 2. The topological polar surface area (TPSA) is 95.4 Å². The summed E-state index contributed by atoms with van der Waals surface area (Å²) in [7, 11) is 0.685. The molecule has 0 aliphatic heterocycles. The van der Waals surface area contributed by atoms with Gasteiger partial charge in [0.05, 0.1) is 16.7 Å². The third-order valence-electron chi connectivity index (χ3n) is 9.81. The molecule has 4 rings (SSSR count). The fourth-order valence-corrected chi connectivity index (χ4v) is 6.88. The van der Waals surface area contributed by atoms with Crippen molar-refractivity contribution >= 4 is 32.1 Å². The average molecular weight is 776 g/mol. The zero-order chi connectivity index (χ0) is 39.6. The average Bonchev–Trinajstić information content (AvgIpc) is 3.20. The first-order valence-electron chi connectivity index (χ1n) is 20.4. The number of aromatic nitrogens is 2. The maximum absolute atomic E-state index is 13.4. The number of pyridine rings is 2. The van der Waals surface area contributed by atoms with Crippen molar-refractivity contribution in [1.29, 1.82) is 0 Å². The Labute approximate surface area is 341 Å². The smallest absolute Gasteiger partial charge is 0.537 e. The van der Waals surface area contributed by atoms with Crippen molar-refractivity contribution in [1.82, 2.24) is 10.6 Å². The van der Waals surface area contributed by atoms with Gasteiger partial charge in [0.25, 0.3) is 5.91 Å². The summed E-state index contributed by atoms with van der Waals surface area (Å²) in [5, 5.41) is 15.1. The summed E-state index contributed by atoms with van der Waals surface area (Å²) in [4.78, 5) is 25.8. The van der Waals surface area contributed by atoms with Crippen LogP contribution in [-0.4, -0.2) is 43.4 Å². The number of amides is 2. The highest BCUT2D eigenvalue weighted by Crippen LogP contribution is 2.17. The van der Waals surface area contributed by atoms with Crippen molar-refractivity contribution < 1.29 is 28.4 Å². The van der Waals surface area contributed by atoms with Gasteiger partial charge in [-0.1, -0.05) is 119 Å². The zero-order valence-electron chi connectivity index (χ0n) is 33.2.